The maximum Gasteiger partial charge on any atom is -0.00161 e. The quantitative estimate of drug-likeness (QED) is 0.718. The minimum Gasteiger partial charge on any atom is -0.330 e. The maximum atomic E-state index is 5.70. The van der Waals surface area contributed by atoms with E-state index in [-0.39, 0.29) is 0 Å². The third-order valence-electron chi connectivity index (χ3n) is 4.81. The molecule has 1 unspecified atom stereocenters. The van der Waals surface area contributed by atoms with Gasteiger partial charge in [-0.2, -0.15) is 0 Å². The molecule has 1 saturated heterocycles. The molecular weight excluding hydrogens is 220 g/mol. The average Bonchev–Trinajstić information content (AvgIpc) is 2.38. The van der Waals surface area contributed by atoms with E-state index in [1.54, 1.807) is 0 Å². The molecule has 2 N–H and O–H groups in total. The third kappa shape index (κ3) is 5.71. The summed E-state index contributed by atoms with van der Waals surface area (Å²) in [4.78, 5) is 2.67. The van der Waals surface area contributed by atoms with Crippen LogP contribution in [0.5, 0.6) is 0 Å². The van der Waals surface area contributed by atoms with Crippen molar-refractivity contribution in [1.82, 2.24) is 4.90 Å². The number of rotatable bonds is 8. The standard InChI is InChI=1S/C16H34N2/c1-4-15-8-12-18(13-9-15)11-5-6-16(7-10-17)14(2)3/h14-16H,4-13,17H2,1-3H3. The normalized spacial score (nSPS) is 20.5. The van der Waals surface area contributed by atoms with Gasteiger partial charge in [-0.05, 0) is 76.0 Å². The van der Waals surface area contributed by atoms with Crippen molar-refractivity contribution in [3.05, 3.63) is 0 Å². The van der Waals surface area contributed by atoms with Crippen molar-refractivity contribution in [2.75, 3.05) is 26.2 Å². The van der Waals surface area contributed by atoms with Crippen LogP contribution in [0.4, 0.5) is 0 Å². The SMILES string of the molecule is CCC1CCN(CCCC(CCN)C(C)C)CC1. The molecule has 0 aromatic heterocycles. The number of likely N-dealkylation sites (tertiary alicyclic amines) is 1. The summed E-state index contributed by atoms with van der Waals surface area (Å²) in [5.41, 5.74) is 5.70. The molecule has 0 aromatic carbocycles. The van der Waals surface area contributed by atoms with Crippen molar-refractivity contribution in [3.63, 3.8) is 0 Å². The largest absolute Gasteiger partial charge is 0.330 e. The van der Waals surface area contributed by atoms with E-state index in [9.17, 15) is 0 Å². The first kappa shape index (κ1) is 16.0. The van der Waals surface area contributed by atoms with Crippen LogP contribution in [0.25, 0.3) is 0 Å². The molecule has 108 valence electrons. The molecule has 1 rings (SSSR count). The number of nitrogens with two attached hydrogens (primary N) is 1. The Balaban J connectivity index is 2.13. The van der Waals surface area contributed by atoms with Gasteiger partial charge in [0.15, 0.2) is 0 Å². The molecule has 18 heavy (non-hydrogen) atoms. The Morgan fingerprint density at radius 2 is 1.83 bits per heavy atom. The van der Waals surface area contributed by atoms with Crippen molar-refractivity contribution in [1.29, 1.82) is 0 Å². The Morgan fingerprint density at radius 3 is 2.33 bits per heavy atom. The summed E-state index contributed by atoms with van der Waals surface area (Å²) < 4.78 is 0. The van der Waals surface area contributed by atoms with Gasteiger partial charge >= 0.3 is 0 Å². The summed E-state index contributed by atoms with van der Waals surface area (Å²) in [7, 11) is 0. The number of piperidine rings is 1. The maximum absolute atomic E-state index is 5.70. The second kappa shape index (κ2) is 8.92. The fourth-order valence-electron chi connectivity index (χ4n) is 3.22. The zero-order chi connectivity index (χ0) is 13.4. The van der Waals surface area contributed by atoms with Crippen LogP contribution in [0.1, 0.15) is 59.3 Å². The highest BCUT2D eigenvalue weighted by Gasteiger charge is 2.18. The third-order valence-corrected chi connectivity index (χ3v) is 4.81. The van der Waals surface area contributed by atoms with Gasteiger partial charge < -0.3 is 10.6 Å². The molecule has 1 aliphatic rings. The van der Waals surface area contributed by atoms with E-state index in [4.69, 9.17) is 5.73 Å². The van der Waals surface area contributed by atoms with Crippen LogP contribution in [-0.4, -0.2) is 31.1 Å². The molecule has 1 heterocycles. The molecular formula is C16H34N2. The first-order chi connectivity index (χ1) is 8.67. The van der Waals surface area contributed by atoms with Gasteiger partial charge in [0.05, 0.1) is 0 Å². The summed E-state index contributed by atoms with van der Waals surface area (Å²) in [5, 5.41) is 0. The van der Waals surface area contributed by atoms with Crippen LogP contribution in [0.2, 0.25) is 0 Å². The Labute approximate surface area is 114 Å². The minimum absolute atomic E-state index is 0.791. The molecule has 0 aromatic rings. The minimum atomic E-state index is 0.791. The lowest BCUT2D eigenvalue weighted by Crippen LogP contribution is -2.34. The van der Waals surface area contributed by atoms with Crippen LogP contribution in [0.3, 0.4) is 0 Å². The van der Waals surface area contributed by atoms with E-state index in [2.05, 4.69) is 25.7 Å². The summed E-state index contributed by atoms with van der Waals surface area (Å²) in [6.45, 7) is 11.8. The molecule has 0 bridgehead atoms. The van der Waals surface area contributed by atoms with Gasteiger partial charge in [0.2, 0.25) is 0 Å². The number of nitrogens with zero attached hydrogens (tertiary/aromatic N) is 1. The van der Waals surface area contributed by atoms with Crippen molar-refractivity contribution < 1.29 is 0 Å². The van der Waals surface area contributed by atoms with E-state index in [1.807, 2.05) is 0 Å². The van der Waals surface area contributed by atoms with Crippen molar-refractivity contribution in [2.45, 2.75) is 59.3 Å². The molecule has 0 radical (unpaired) electrons. The summed E-state index contributed by atoms with van der Waals surface area (Å²) in [5.74, 6) is 2.63. The zero-order valence-corrected chi connectivity index (χ0v) is 12.8. The van der Waals surface area contributed by atoms with E-state index in [1.165, 1.54) is 58.2 Å². The molecule has 1 aliphatic heterocycles. The molecule has 0 amide bonds. The predicted molar refractivity (Wildman–Crippen MR) is 80.7 cm³/mol. The second-order valence-corrected chi connectivity index (χ2v) is 6.42. The van der Waals surface area contributed by atoms with E-state index in [0.717, 1.165) is 24.3 Å². The van der Waals surface area contributed by atoms with Gasteiger partial charge in [-0.25, -0.2) is 0 Å². The van der Waals surface area contributed by atoms with Crippen molar-refractivity contribution in [3.8, 4) is 0 Å². The molecule has 1 fully saturated rings. The van der Waals surface area contributed by atoms with Crippen LogP contribution in [-0.2, 0) is 0 Å². The van der Waals surface area contributed by atoms with Gasteiger partial charge in [-0.3, -0.25) is 0 Å². The Hall–Kier alpha value is -0.0800. The predicted octanol–water partition coefficient (Wildman–Crippen LogP) is 3.51. The first-order valence-electron chi connectivity index (χ1n) is 8.09. The smallest absolute Gasteiger partial charge is 0.00161 e. The zero-order valence-electron chi connectivity index (χ0n) is 12.8. The van der Waals surface area contributed by atoms with Crippen LogP contribution < -0.4 is 5.73 Å². The summed E-state index contributed by atoms with van der Waals surface area (Å²) in [6.07, 6.45) is 8.15. The lowest BCUT2D eigenvalue weighted by Gasteiger charge is -2.32. The lowest BCUT2D eigenvalue weighted by molar-refractivity contribution is 0.173. The van der Waals surface area contributed by atoms with Crippen LogP contribution in [0.15, 0.2) is 0 Å². The van der Waals surface area contributed by atoms with Gasteiger partial charge in [-0.15, -0.1) is 0 Å². The monoisotopic (exact) mass is 254 g/mol. The second-order valence-electron chi connectivity index (χ2n) is 6.42. The van der Waals surface area contributed by atoms with E-state index >= 15 is 0 Å². The van der Waals surface area contributed by atoms with Gasteiger partial charge in [0.1, 0.15) is 0 Å². The Kier molecular flexibility index (Phi) is 7.92. The summed E-state index contributed by atoms with van der Waals surface area (Å²) >= 11 is 0. The fraction of sp³-hybridized carbons (Fsp3) is 1.00. The highest BCUT2D eigenvalue weighted by molar-refractivity contribution is 4.72. The van der Waals surface area contributed by atoms with Crippen molar-refractivity contribution >= 4 is 0 Å². The van der Waals surface area contributed by atoms with E-state index in [0.29, 0.717) is 0 Å². The highest BCUT2D eigenvalue weighted by Crippen LogP contribution is 2.23. The molecule has 2 nitrogen and oxygen atoms in total. The lowest BCUT2D eigenvalue weighted by atomic mass is 9.88. The average molecular weight is 254 g/mol. The van der Waals surface area contributed by atoms with Crippen LogP contribution >= 0.6 is 0 Å². The number of hydrogen-bond donors (Lipinski definition) is 1. The fourth-order valence-corrected chi connectivity index (χ4v) is 3.22. The molecule has 2 heteroatoms. The Morgan fingerprint density at radius 1 is 1.17 bits per heavy atom. The van der Waals surface area contributed by atoms with Crippen LogP contribution in [0, 0.1) is 17.8 Å². The summed E-state index contributed by atoms with van der Waals surface area (Å²) in [6, 6.07) is 0. The molecule has 0 saturated carbocycles. The number of hydrogen-bond acceptors (Lipinski definition) is 2. The molecule has 0 spiro atoms. The topological polar surface area (TPSA) is 29.3 Å². The highest BCUT2D eigenvalue weighted by atomic mass is 15.1. The first-order valence-corrected chi connectivity index (χ1v) is 8.09. The van der Waals surface area contributed by atoms with Gasteiger partial charge in [-0.1, -0.05) is 27.2 Å². The van der Waals surface area contributed by atoms with Crippen molar-refractivity contribution in [2.24, 2.45) is 23.5 Å². The molecule has 1 atom stereocenters. The van der Waals surface area contributed by atoms with Gasteiger partial charge in [0.25, 0.3) is 0 Å². The van der Waals surface area contributed by atoms with E-state index < -0.39 is 0 Å². The molecule has 0 aliphatic carbocycles. The Bertz CT molecular complexity index is 195. The van der Waals surface area contributed by atoms with Gasteiger partial charge in [0, 0.05) is 0 Å².